The zero-order valence-electron chi connectivity index (χ0n) is 23.7. The van der Waals surface area contributed by atoms with E-state index in [-0.39, 0.29) is 29.1 Å². The highest BCUT2D eigenvalue weighted by molar-refractivity contribution is 5.97. The fraction of sp³-hybridized carbons (Fsp3) is 0.500. The number of aliphatic imine (C=N–C) groups is 1. The molecule has 0 spiro atoms. The molecule has 1 rings (SSSR count). The highest BCUT2D eigenvalue weighted by Gasteiger charge is 2.30. The van der Waals surface area contributed by atoms with E-state index in [2.05, 4.69) is 30.9 Å². The number of benzene rings is 1. The summed E-state index contributed by atoms with van der Waals surface area (Å²) in [6.07, 6.45) is 1.06. The second-order valence-electron chi connectivity index (χ2n) is 8.92. The van der Waals surface area contributed by atoms with E-state index < -0.39 is 36.8 Å². The van der Waals surface area contributed by atoms with Crippen LogP contribution in [0.25, 0.3) is 0 Å². The average molecular weight is 533 g/mol. The van der Waals surface area contributed by atoms with Gasteiger partial charge in [0.2, 0.25) is 6.79 Å². The van der Waals surface area contributed by atoms with Gasteiger partial charge in [-0.2, -0.15) is 0 Å². The van der Waals surface area contributed by atoms with Gasteiger partial charge in [0, 0.05) is 12.8 Å². The minimum atomic E-state index is -1.02. The molecular weight excluding hydrogens is 492 g/mol. The minimum absolute atomic E-state index is 0.0849. The second kappa shape index (κ2) is 15.4. The standard InChI is InChI=1S/C28H40N2O8/c1-11-23(35-10)26(37-15-36-20(7)31)25(29-8)27(32)30-18(5)28(33)38-19(6)24(16(2)3)22-13-12-21(34-9)14-17(22)4/h11-14,16,18-19,24H,8,15H2,1-7,9-10H3,(H,30,32)/b23-11+,26-25+/t18-,19-,24+/m0/s1. The molecule has 0 fully saturated rings. The van der Waals surface area contributed by atoms with Crippen LogP contribution >= 0.6 is 0 Å². The zero-order valence-corrected chi connectivity index (χ0v) is 23.7. The quantitative estimate of drug-likeness (QED) is 0.0946. The first kappa shape index (κ1) is 32.2. The Balaban J connectivity index is 3.10. The monoisotopic (exact) mass is 532 g/mol. The molecule has 1 N–H and O–H groups in total. The average Bonchev–Trinajstić information content (AvgIpc) is 2.85. The molecule has 210 valence electrons. The van der Waals surface area contributed by atoms with Gasteiger partial charge in [0.25, 0.3) is 5.91 Å². The maximum absolute atomic E-state index is 13.0. The van der Waals surface area contributed by atoms with Crippen molar-refractivity contribution in [3.63, 3.8) is 0 Å². The second-order valence-corrected chi connectivity index (χ2v) is 8.92. The van der Waals surface area contributed by atoms with Crippen molar-refractivity contribution in [2.75, 3.05) is 21.0 Å². The van der Waals surface area contributed by atoms with Gasteiger partial charge in [0.1, 0.15) is 17.9 Å². The van der Waals surface area contributed by atoms with E-state index in [1.54, 1.807) is 14.0 Å². The molecule has 0 saturated carbocycles. The molecule has 0 aliphatic heterocycles. The Kier molecular flexibility index (Phi) is 13.1. The molecule has 3 atom stereocenters. The van der Waals surface area contributed by atoms with Crippen molar-refractivity contribution in [1.82, 2.24) is 5.32 Å². The summed E-state index contributed by atoms with van der Waals surface area (Å²) in [4.78, 5) is 40.9. The van der Waals surface area contributed by atoms with Gasteiger partial charge in [-0.3, -0.25) is 14.6 Å². The van der Waals surface area contributed by atoms with Crippen molar-refractivity contribution < 1.29 is 38.1 Å². The normalized spacial score (nSPS) is 14.4. The number of nitrogens with zero attached hydrogens (tertiary/aromatic N) is 1. The number of allylic oxidation sites excluding steroid dienone is 1. The summed E-state index contributed by atoms with van der Waals surface area (Å²) in [5.41, 5.74) is 1.82. The van der Waals surface area contributed by atoms with Gasteiger partial charge in [-0.15, -0.1) is 0 Å². The van der Waals surface area contributed by atoms with E-state index in [9.17, 15) is 14.4 Å². The number of carbonyl (C=O) groups excluding carboxylic acids is 3. The Bertz CT molecular complexity index is 1060. The third-order valence-corrected chi connectivity index (χ3v) is 5.82. The first-order valence-electron chi connectivity index (χ1n) is 12.2. The summed E-state index contributed by atoms with van der Waals surface area (Å²) in [6.45, 7) is 15.3. The van der Waals surface area contributed by atoms with Crippen LogP contribution < -0.4 is 10.1 Å². The van der Waals surface area contributed by atoms with E-state index in [0.717, 1.165) is 16.9 Å². The van der Waals surface area contributed by atoms with Crippen LogP contribution in [0.3, 0.4) is 0 Å². The Morgan fingerprint density at radius 3 is 2.24 bits per heavy atom. The number of amides is 1. The first-order valence-corrected chi connectivity index (χ1v) is 12.2. The van der Waals surface area contributed by atoms with E-state index in [4.69, 9.17) is 23.7 Å². The molecule has 10 nitrogen and oxygen atoms in total. The lowest BCUT2D eigenvalue weighted by Gasteiger charge is -2.30. The minimum Gasteiger partial charge on any atom is -0.497 e. The Morgan fingerprint density at radius 1 is 1.11 bits per heavy atom. The molecule has 1 amide bonds. The summed E-state index contributed by atoms with van der Waals surface area (Å²) in [7, 11) is 2.99. The Hall–Kier alpha value is -3.82. The van der Waals surface area contributed by atoms with E-state index in [1.165, 1.54) is 27.0 Å². The van der Waals surface area contributed by atoms with Crippen molar-refractivity contribution in [3.8, 4) is 5.75 Å². The van der Waals surface area contributed by atoms with Gasteiger partial charge in [0.15, 0.2) is 17.2 Å². The molecule has 0 aliphatic carbocycles. The van der Waals surface area contributed by atoms with Crippen molar-refractivity contribution in [2.24, 2.45) is 10.9 Å². The highest BCUT2D eigenvalue weighted by Crippen LogP contribution is 2.33. The molecule has 1 aromatic carbocycles. The predicted octanol–water partition coefficient (Wildman–Crippen LogP) is 4.18. The van der Waals surface area contributed by atoms with Gasteiger partial charge in [-0.05, 0) is 69.7 Å². The molecule has 0 heterocycles. The molecule has 0 aromatic heterocycles. The lowest BCUT2D eigenvalue weighted by atomic mass is 9.82. The van der Waals surface area contributed by atoms with E-state index >= 15 is 0 Å². The number of hydrogen-bond acceptors (Lipinski definition) is 9. The molecule has 0 unspecified atom stereocenters. The van der Waals surface area contributed by atoms with Crippen LogP contribution in [0.2, 0.25) is 0 Å². The predicted molar refractivity (Wildman–Crippen MR) is 144 cm³/mol. The van der Waals surface area contributed by atoms with Gasteiger partial charge in [0.05, 0.1) is 14.2 Å². The van der Waals surface area contributed by atoms with Crippen LogP contribution in [0.5, 0.6) is 5.75 Å². The number of carbonyl (C=O) groups is 3. The van der Waals surface area contributed by atoms with Gasteiger partial charge >= 0.3 is 11.9 Å². The summed E-state index contributed by atoms with van der Waals surface area (Å²) in [6, 6.07) is 4.79. The third kappa shape index (κ3) is 8.93. The highest BCUT2D eigenvalue weighted by atomic mass is 16.7. The molecule has 1 aromatic rings. The number of ether oxygens (including phenoxy) is 5. The van der Waals surface area contributed by atoms with Gasteiger partial charge in [-0.1, -0.05) is 19.9 Å². The SMILES string of the molecule is C=N/C(C(=O)N[C@@H](C)C(=O)O[C@@H](C)[C@H](c1ccc(OC)cc1C)C(C)C)=C(OCOC(C)=O)\C(=C/C)OC. The fourth-order valence-electron chi connectivity index (χ4n) is 4.00. The van der Waals surface area contributed by atoms with Crippen LogP contribution in [0, 0.1) is 12.8 Å². The topological polar surface area (TPSA) is 122 Å². The van der Waals surface area contributed by atoms with E-state index in [0.29, 0.717) is 0 Å². The number of esters is 2. The summed E-state index contributed by atoms with van der Waals surface area (Å²) < 4.78 is 26.6. The fourth-order valence-corrected chi connectivity index (χ4v) is 4.00. The number of rotatable bonds is 14. The van der Waals surface area contributed by atoms with Crippen molar-refractivity contribution in [1.29, 1.82) is 0 Å². The lowest BCUT2D eigenvalue weighted by Crippen LogP contribution is -2.42. The molecule has 38 heavy (non-hydrogen) atoms. The van der Waals surface area contributed by atoms with Crippen LogP contribution in [0.4, 0.5) is 0 Å². The van der Waals surface area contributed by atoms with Crippen LogP contribution in [0.1, 0.15) is 58.6 Å². The molecule has 10 heteroatoms. The Labute approximate surface area is 225 Å². The number of aryl methyl sites for hydroxylation is 1. The molecule has 0 saturated heterocycles. The van der Waals surface area contributed by atoms with Crippen LogP contribution in [-0.2, 0) is 33.3 Å². The number of hydrogen-bond donors (Lipinski definition) is 1. The van der Waals surface area contributed by atoms with Crippen molar-refractivity contribution in [3.05, 3.63) is 52.6 Å². The smallest absolute Gasteiger partial charge is 0.328 e. The van der Waals surface area contributed by atoms with Crippen molar-refractivity contribution in [2.45, 2.75) is 66.5 Å². The third-order valence-electron chi connectivity index (χ3n) is 5.82. The summed E-state index contributed by atoms with van der Waals surface area (Å²) in [5, 5.41) is 2.56. The first-order chi connectivity index (χ1) is 17.9. The largest absolute Gasteiger partial charge is 0.497 e. The van der Waals surface area contributed by atoms with E-state index in [1.807, 2.05) is 32.0 Å². The van der Waals surface area contributed by atoms with Crippen molar-refractivity contribution >= 4 is 24.6 Å². The number of methoxy groups -OCH3 is 2. The van der Waals surface area contributed by atoms with Gasteiger partial charge in [-0.25, -0.2) is 4.79 Å². The molecular formula is C28H40N2O8. The molecule has 0 bridgehead atoms. The van der Waals surface area contributed by atoms with Gasteiger partial charge < -0.3 is 29.0 Å². The van der Waals surface area contributed by atoms with Crippen LogP contribution in [-0.4, -0.2) is 57.7 Å². The molecule has 0 aliphatic rings. The zero-order chi connectivity index (χ0) is 29.0. The maximum atomic E-state index is 13.0. The maximum Gasteiger partial charge on any atom is 0.328 e. The summed E-state index contributed by atoms with van der Waals surface area (Å²) >= 11 is 0. The number of nitrogens with one attached hydrogen (secondary N) is 1. The molecule has 0 radical (unpaired) electrons. The lowest BCUT2D eigenvalue weighted by molar-refractivity contribution is -0.153. The Morgan fingerprint density at radius 2 is 1.76 bits per heavy atom. The van der Waals surface area contributed by atoms with Crippen LogP contribution in [0.15, 0.2) is 46.5 Å². The summed E-state index contributed by atoms with van der Waals surface area (Å²) in [5.74, 6) is -1.06.